The van der Waals surface area contributed by atoms with Crippen LogP contribution in [0.1, 0.15) is 58.1 Å². The minimum absolute atomic E-state index is 0.348. The van der Waals surface area contributed by atoms with Gasteiger partial charge in [0.25, 0.3) is 0 Å². The minimum atomic E-state index is -0.358. The van der Waals surface area contributed by atoms with Gasteiger partial charge in [-0.25, -0.2) is 0 Å². The van der Waals surface area contributed by atoms with E-state index in [-0.39, 0.29) is 6.10 Å². The van der Waals surface area contributed by atoms with Gasteiger partial charge < -0.3 is 9.84 Å². The van der Waals surface area contributed by atoms with Gasteiger partial charge in [-0.1, -0.05) is 32.9 Å². The molecule has 1 N–H and O–H groups in total. The first kappa shape index (κ1) is 14.4. The van der Waals surface area contributed by atoms with Crippen molar-refractivity contribution in [2.75, 3.05) is 0 Å². The molecule has 2 rings (SSSR count). The van der Waals surface area contributed by atoms with Crippen LogP contribution in [-0.4, -0.2) is 11.2 Å². The highest BCUT2D eigenvalue weighted by Gasteiger charge is 2.25. The van der Waals surface area contributed by atoms with Gasteiger partial charge in [0.05, 0.1) is 12.2 Å². The molecule has 1 aromatic carbocycles. The molecule has 2 unspecified atom stereocenters. The van der Waals surface area contributed by atoms with Crippen LogP contribution in [0.3, 0.4) is 0 Å². The van der Waals surface area contributed by atoms with Crippen LogP contribution in [0.15, 0.2) is 24.3 Å². The molecule has 0 heterocycles. The Labute approximate surface area is 116 Å². The summed E-state index contributed by atoms with van der Waals surface area (Å²) < 4.78 is 6.08. The number of rotatable bonds is 4. The van der Waals surface area contributed by atoms with Crippen molar-refractivity contribution >= 4 is 0 Å². The Hall–Kier alpha value is -1.02. The van der Waals surface area contributed by atoms with Crippen molar-refractivity contribution < 1.29 is 9.84 Å². The zero-order chi connectivity index (χ0) is 13.8. The van der Waals surface area contributed by atoms with Crippen molar-refractivity contribution in [3.05, 3.63) is 29.8 Å². The Morgan fingerprint density at radius 2 is 1.68 bits per heavy atom. The summed E-state index contributed by atoms with van der Waals surface area (Å²) in [6, 6.07) is 7.91. The zero-order valence-corrected chi connectivity index (χ0v) is 12.3. The van der Waals surface area contributed by atoms with Gasteiger partial charge in [-0.3, -0.25) is 0 Å². The van der Waals surface area contributed by atoms with Crippen LogP contribution >= 0.6 is 0 Å². The van der Waals surface area contributed by atoms with E-state index in [9.17, 15) is 5.11 Å². The van der Waals surface area contributed by atoms with Crippen molar-refractivity contribution in [2.45, 2.75) is 58.7 Å². The van der Waals surface area contributed by atoms with E-state index >= 15 is 0 Å². The SMILES string of the molecule is CC[C@@H](O)c1ccc(OC2CC(C)CC(C)C2)cc1. The van der Waals surface area contributed by atoms with E-state index in [1.807, 2.05) is 31.2 Å². The lowest BCUT2D eigenvalue weighted by molar-refractivity contribution is 0.101. The van der Waals surface area contributed by atoms with Gasteiger partial charge in [-0.05, 0) is 55.2 Å². The summed E-state index contributed by atoms with van der Waals surface area (Å²) in [5.74, 6) is 2.45. The molecule has 0 aromatic heterocycles. The fourth-order valence-electron chi connectivity index (χ4n) is 3.17. The first-order valence-corrected chi connectivity index (χ1v) is 7.53. The minimum Gasteiger partial charge on any atom is -0.490 e. The van der Waals surface area contributed by atoms with Gasteiger partial charge in [0.2, 0.25) is 0 Å². The maximum atomic E-state index is 9.77. The van der Waals surface area contributed by atoms with E-state index in [0.29, 0.717) is 6.10 Å². The highest BCUT2D eigenvalue weighted by Crippen LogP contribution is 2.31. The average Bonchev–Trinajstić information content (AvgIpc) is 2.37. The Morgan fingerprint density at radius 3 is 2.21 bits per heavy atom. The van der Waals surface area contributed by atoms with Gasteiger partial charge in [0, 0.05) is 0 Å². The fraction of sp³-hybridized carbons (Fsp3) is 0.647. The topological polar surface area (TPSA) is 29.5 Å². The van der Waals surface area contributed by atoms with E-state index in [1.165, 1.54) is 6.42 Å². The third-order valence-corrected chi connectivity index (χ3v) is 4.09. The molecule has 0 aliphatic heterocycles. The quantitative estimate of drug-likeness (QED) is 0.875. The monoisotopic (exact) mass is 262 g/mol. The van der Waals surface area contributed by atoms with Crippen LogP contribution in [0.2, 0.25) is 0 Å². The molecule has 0 saturated heterocycles. The summed E-state index contributed by atoms with van der Waals surface area (Å²) in [6.07, 6.45) is 4.37. The molecule has 0 bridgehead atoms. The first-order chi connectivity index (χ1) is 9.08. The summed E-state index contributed by atoms with van der Waals surface area (Å²) in [5, 5.41) is 9.77. The molecular weight excluding hydrogens is 236 g/mol. The van der Waals surface area contributed by atoms with E-state index in [2.05, 4.69) is 13.8 Å². The molecule has 0 radical (unpaired) electrons. The van der Waals surface area contributed by atoms with Crippen LogP contribution in [0, 0.1) is 11.8 Å². The summed E-state index contributed by atoms with van der Waals surface area (Å²) in [7, 11) is 0. The molecule has 1 aliphatic carbocycles. The lowest BCUT2D eigenvalue weighted by Gasteiger charge is -2.31. The standard InChI is InChI=1S/C17H26O2/c1-4-17(18)14-5-7-15(8-6-14)19-16-10-12(2)9-13(3)11-16/h5-8,12-13,16-18H,4,9-11H2,1-3H3/t12?,13?,16?,17-/m1/s1. The van der Waals surface area contributed by atoms with Gasteiger partial charge in [0.1, 0.15) is 5.75 Å². The van der Waals surface area contributed by atoms with Crippen molar-refractivity contribution in [3.63, 3.8) is 0 Å². The van der Waals surface area contributed by atoms with Crippen LogP contribution in [0.5, 0.6) is 5.75 Å². The van der Waals surface area contributed by atoms with Crippen LogP contribution in [-0.2, 0) is 0 Å². The van der Waals surface area contributed by atoms with E-state index < -0.39 is 0 Å². The predicted octanol–water partition coefficient (Wildman–Crippen LogP) is 4.33. The number of ether oxygens (including phenoxy) is 1. The van der Waals surface area contributed by atoms with Crippen molar-refractivity contribution in [1.29, 1.82) is 0 Å². The Kier molecular flexibility index (Phi) is 4.87. The molecule has 3 atom stereocenters. The molecule has 19 heavy (non-hydrogen) atoms. The third-order valence-electron chi connectivity index (χ3n) is 4.09. The smallest absolute Gasteiger partial charge is 0.119 e. The number of benzene rings is 1. The summed E-state index contributed by atoms with van der Waals surface area (Å²) in [5.41, 5.74) is 0.972. The molecule has 1 fully saturated rings. The lowest BCUT2D eigenvalue weighted by atomic mass is 9.82. The van der Waals surface area contributed by atoms with Gasteiger partial charge in [-0.15, -0.1) is 0 Å². The maximum Gasteiger partial charge on any atom is 0.119 e. The van der Waals surface area contributed by atoms with Crippen LogP contribution < -0.4 is 4.74 Å². The molecular formula is C17H26O2. The van der Waals surface area contributed by atoms with Crippen LogP contribution in [0.4, 0.5) is 0 Å². The second-order valence-electron chi connectivity index (χ2n) is 6.15. The lowest BCUT2D eigenvalue weighted by Crippen LogP contribution is -2.28. The molecule has 1 saturated carbocycles. The first-order valence-electron chi connectivity index (χ1n) is 7.53. The van der Waals surface area contributed by atoms with Crippen LogP contribution in [0.25, 0.3) is 0 Å². The molecule has 0 spiro atoms. The average molecular weight is 262 g/mol. The second kappa shape index (κ2) is 6.42. The fourth-order valence-corrected chi connectivity index (χ4v) is 3.17. The normalized spacial score (nSPS) is 28.9. The number of hydrogen-bond acceptors (Lipinski definition) is 2. The second-order valence-corrected chi connectivity index (χ2v) is 6.15. The van der Waals surface area contributed by atoms with Gasteiger partial charge in [-0.2, -0.15) is 0 Å². The Morgan fingerprint density at radius 1 is 1.11 bits per heavy atom. The molecule has 1 aromatic rings. The predicted molar refractivity (Wildman–Crippen MR) is 78.3 cm³/mol. The third kappa shape index (κ3) is 3.97. The molecule has 2 heteroatoms. The Balaban J connectivity index is 1.95. The highest BCUT2D eigenvalue weighted by atomic mass is 16.5. The van der Waals surface area contributed by atoms with E-state index in [4.69, 9.17) is 4.74 Å². The summed E-state index contributed by atoms with van der Waals surface area (Å²) in [6.45, 7) is 6.61. The van der Waals surface area contributed by atoms with Crippen molar-refractivity contribution in [3.8, 4) is 5.75 Å². The largest absolute Gasteiger partial charge is 0.490 e. The van der Waals surface area contributed by atoms with E-state index in [0.717, 1.165) is 42.4 Å². The number of aliphatic hydroxyl groups is 1. The number of hydrogen-bond donors (Lipinski definition) is 1. The van der Waals surface area contributed by atoms with Crippen molar-refractivity contribution in [2.24, 2.45) is 11.8 Å². The van der Waals surface area contributed by atoms with E-state index in [1.54, 1.807) is 0 Å². The summed E-state index contributed by atoms with van der Waals surface area (Å²) in [4.78, 5) is 0. The van der Waals surface area contributed by atoms with Gasteiger partial charge >= 0.3 is 0 Å². The molecule has 2 nitrogen and oxygen atoms in total. The maximum absolute atomic E-state index is 9.77. The molecule has 106 valence electrons. The molecule has 1 aliphatic rings. The van der Waals surface area contributed by atoms with Crippen molar-refractivity contribution in [1.82, 2.24) is 0 Å². The van der Waals surface area contributed by atoms with Gasteiger partial charge in [0.15, 0.2) is 0 Å². The molecule has 0 amide bonds. The number of aliphatic hydroxyl groups excluding tert-OH is 1. The summed E-state index contributed by atoms with van der Waals surface area (Å²) >= 11 is 0. The zero-order valence-electron chi connectivity index (χ0n) is 12.3. The Bertz CT molecular complexity index is 375. The highest BCUT2D eigenvalue weighted by molar-refractivity contribution is 5.28.